The van der Waals surface area contributed by atoms with E-state index in [0.717, 1.165) is 73.2 Å². The number of likely N-dealkylation sites (tertiary alicyclic amines) is 1. The van der Waals surface area contributed by atoms with Gasteiger partial charge in [0, 0.05) is 29.0 Å². The van der Waals surface area contributed by atoms with Crippen molar-refractivity contribution in [3.63, 3.8) is 0 Å². The Kier molecular flexibility index (Phi) is 7.22. The summed E-state index contributed by atoms with van der Waals surface area (Å²) in [5.41, 5.74) is 10.2. The van der Waals surface area contributed by atoms with Gasteiger partial charge in [0.1, 0.15) is 29.0 Å². The van der Waals surface area contributed by atoms with Gasteiger partial charge in [0.05, 0.1) is 22.2 Å². The Labute approximate surface area is 266 Å². The fourth-order valence-electron chi connectivity index (χ4n) is 7.29. The van der Waals surface area contributed by atoms with E-state index in [-0.39, 0.29) is 17.2 Å². The minimum Gasteiger partial charge on any atom is -0.481 e. The van der Waals surface area contributed by atoms with Crippen molar-refractivity contribution in [1.82, 2.24) is 19.4 Å². The Morgan fingerprint density at radius 1 is 1.07 bits per heavy atom. The zero-order chi connectivity index (χ0) is 31.5. The molecule has 4 aliphatic heterocycles. The number of amides is 1. The van der Waals surface area contributed by atoms with E-state index >= 15 is 0 Å². The molecule has 0 bridgehead atoms. The van der Waals surface area contributed by atoms with Crippen LogP contribution in [0.25, 0.3) is 17.2 Å². The second-order valence-corrected chi connectivity index (χ2v) is 15.0. The number of hydrogen-bond acceptors (Lipinski definition) is 7. The van der Waals surface area contributed by atoms with Crippen LogP contribution in [0.4, 0.5) is 4.39 Å². The number of carboxylic acid groups (broad SMARTS) is 1. The largest absolute Gasteiger partial charge is 0.481 e. The zero-order valence-corrected chi connectivity index (χ0v) is 26.6. The van der Waals surface area contributed by atoms with Crippen molar-refractivity contribution in [2.24, 2.45) is 5.73 Å². The van der Waals surface area contributed by atoms with Gasteiger partial charge in [-0.2, -0.15) is 0 Å². The number of ether oxygens (including phenoxy) is 2. The lowest BCUT2D eigenvalue weighted by atomic mass is 9.87. The highest BCUT2D eigenvalue weighted by atomic mass is 28.2. The fourth-order valence-corrected chi connectivity index (χ4v) is 9.47. The molecule has 6 heterocycles. The summed E-state index contributed by atoms with van der Waals surface area (Å²) in [5.74, 6) is -0.244. The first-order valence-corrected chi connectivity index (χ1v) is 17.5. The number of benzene rings is 2. The molecule has 2 aromatic carbocycles. The van der Waals surface area contributed by atoms with Crippen LogP contribution in [-0.4, -0.2) is 71.7 Å². The third kappa shape index (κ3) is 5.19. The molecular formula is C34H34FN5O5Si. The third-order valence-electron chi connectivity index (χ3n) is 9.93. The van der Waals surface area contributed by atoms with Gasteiger partial charge in [0.2, 0.25) is 5.91 Å². The van der Waals surface area contributed by atoms with Gasteiger partial charge in [-0.15, -0.1) is 0 Å². The number of piperidine rings is 1. The standard InChI is InChI=1S/C34H34FN5O5Si/c35-23-16-20(31(36)41)4-6-22(23)26-9-5-19-2-1-3-21(29(19)45-26)18-10-13-39(14-11-18)17-28-37-24-7-8-25(34(42)43)38-32(24)40(28)33-30(46-33)27-12-15-44-27/h1-9,16,18,26-27,30,33H,10-15,17,46H2,(H2,36,41)(H,42,43)/t26-,27+,30+,33-/m1/s1. The molecule has 0 radical (unpaired) electrons. The summed E-state index contributed by atoms with van der Waals surface area (Å²) in [6.07, 6.45) is 6.46. The summed E-state index contributed by atoms with van der Waals surface area (Å²) in [4.78, 5) is 35.1. The number of imidazole rings is 1. The number of carboxylic acids is 1. The maximum Gasteiger partial charge on any atom is 0.354 e. The first-order valence-electron chi connectivity index (χ1n) is 15.9. The molecule has 0 saturated carbocycles. The first kappa shape index (κ1) is 29.0. The summed E-state index contributed by atoms with van der Waals surface area (Å²) >= 11 is 0. The second kappa shape index (κ2) is 11.4. The van der Waals surface area contributed by atoms with Crippen molar-refractivity contribution in [3.8, 4) is 5.75 Å². The number of fused-ring (bicyclic) bond motifs is 2. The maximum absolute atomic E-state index is 15.0. The Bertz CT molecular complexity index is 1900. The lowest BCUT2D eigenvalue weighted by Gasteiger charge is -2.34. The Morgan fingerprint density at radius 3 is 2.61 bits per heavy atom. The zero-order valence-electron chi connectivity index (χ0n) is 25.1. The molecule has 4 aliphatic rings. The van der Waals surface area contributed by atoms with Crippen LogP contribution in [0, 0.1) is 5.82 Å². The van der Waals surface area contributed by atoms with Gasteiger partial charge < -0.3 is 24.9 Å². The topological polar surface area (TPSA) is 133 Å². The highest BCUT2D eigenvalue weighted by Crippen LogP contribution is 2.49. The number of hydrogen-bond donors (Lipinski definition) is 2. The number of nitrogens with zero attached hydrogens (tertiary/aromatic N) is 4. The number of pyridine rings is 1. The monoisotopic (exact) mass is 639 g/mol. The third-order valence-corrected chi connectivity index (χ3v) is 12.3. The average Bonchev–Trinajstić information content (AvgIpc) is 3.70. The van der Waals surface area contributed by atoms with Crippen molar-refractivity contribution in [2.75, 3.05) is 19.7 Å². The quantitative estimate of drug-likeness (QED) is 0.275. The molecule has 0 unspecified atom stereocenters. The molecule has 0 aliphatic carbocycles. The van der Waals surface area contributed by atoms with Crippen molar-refractivity contribution >= 4 is 38.6 Å². The molecule has 8 rings (SSSR count). The van der Waals surface area contributed by atoms with Crippen molar-refractivity contribution in [3.05, 3.63) is 94.2 Å². The molecule has 3 N–H and O–H groups in total. The first-order chi connectivity index (χ1) is 22.3. The summed E-state index contributed by atoms with van der Waals surface area (Å²) in [5, 5.41) is 9.59. The smallest absolute Gasteiger partial charge is 0.354 e. The van der Waals surface area contributed by atoms with E-state index in [4.69, 9.17) is 20.2 Å². The number of carbonyl (C=O) groups excluding carboxylic acids is 1. The number of rotatable bonds is 8. The van der Waals surface area contributed by atoms with Gasteiger partial charge in [-0.1, -0.05) is 30.3 Å². The van der Waals surface area contributed by atoms with E-state index in [1.807, 2.05) is 24.3 Å². The predicted molar refractivity (Wildman–Crippen MR) is 171 cm³/mol. The van der Waals surface area contributed by atoms with Crippen LogP contribution in [0.1, 0.15) is 80.3 Å². The molecule has 3 saturated heterocycles. The summed E-state index contributed by atoms with van der Waals surface area (Å²) < 4.78 is 29.4. The Morgan fingerprint density at radius 2 is 1.89 bits per heavy atom. The minimum atomic E-state index is -1.04. The van der Waals surface area contributed by atoms with Crippen LogP contribution in [0.2, 0.25) is 5.54 Å². The minimum absolute atomic E-state index is 0.0377. The normalized spacial score (nSPS) is 24.8. The van der Waals surface area contributed by atoms with E-state index in [2.05, 4.69) is 20.5 Å². The number of aromatic nitrogens is 3. The maximum atomic E-state index is 15.0. The van der Waals surface area contributed by atoms with Crippen LogP contribution in [-0.2, 0) is 11.3 Å². The lowest BCUT2D eigenvalue weighted by Crippen LogP contribution is -2.33. The summed E-state index contributed by atoms with van der Waals surface area (Å²) in [7, 11) is -0.416. The molecule has 4 atom stereocenters. The van der Waals surface area contributed by atoms with Crippen LogP contribution in [0.3, 0.4) is 0 Å². The van der Waals surface area contributed by atoms with Crippen LogP contribution < -0.4 is 10.5 Å². The Balaban J connectivity index is 0.996. The Hall–Kier alpha value is -4.39. The molecule has 46 heavy (non-hydrogen) atoms. The molecule has 10 nitrogen and oxygen atoms in total. The molecule has 236 valence electrons. The molecule has 0 spiro atoms. The fraction of sp³-hybridized carbons (Fsp3) is 0.353. The van der Waals surface area contributed by atoms with Gasteiger partial charge >= 0.3 is 5.97 Å². The molecule has 1 amide bonds. The van der Waals surface area contributed by atoms with Crippen LogP contribution in [0.15, 0.2) is 54.6 Å². The molecule has 2 aromatic heterocycles. The number of halogens is 1. The SMILES string of the molecule is NC(=O)c1ccc([C@H]2C=Cc3cccc(C4CCN(Cc5nc6ccc(C(=O)O)nc6n5[C@@H]5[SiH2][C@H]5[C@@H]5CCO5)CC4)c3O2)c(F)c1. The number of primary amides is 1. The van der Waals surface area contributed by atoms with E-state index < -0.39 is 33.3 Å². The summed E-state index contributed by atoms with van der Waals surface area (Å²) in [6, 6.07) is 13.7. The van der Waals surface area contributed by atoms with E-state index in [1.165, 1.54) is 12.1 Å². The van der Waals surface area contributed by atoms with Gasteiger partial charge in [-0.25, -0.2) is 19.2 Å². The van der Waals surface area contributed by atoms with E-state index in [0.29, 0.717) is 35.1 Å². The van der Waals surface area contributed by atoms with Crippen LogP contribution >= 0.6 is 0 Å². The molecule has 4 aromatic rings. The van der Waals surface area contributed by atoms with Gasteiger partial charge in [0.15, 0.2) is 11.3 Å². The van der Waals surface area contributed by atoms with Crippen LogP contribution in [0.5, 0.6) is 5.75 Å². The molecular weight excluding hydrogens is 605 g/mol. The predicted octanol–water partition coefficient (Wildman–Crippen LogP) is 4.15. The van der Waals surface area contributed by atoms with E-state index in [9.17, 15) is 19.1 Å². The van der Waals surface area contributed by atoms with Gasteiger partial charge in [-0.3, -0.25) is 9.69 Å². The van der Waals surface area contributed by atoms with E-state index in [1.54, 1.807) is 12.1 Å². The number of para-hydroxylation sites is 1. The highest BCUT2D eigenvalue weighted by Gasteiger charge is 2.49. The van der Waals surface area contributed by atoms with Gasteiger partial charge in [0.25, 0.3) is 0 Å². The van der Waals surface area contributed by atoms with Crippen molar-refractivity contribution < 1.29 is 28.6 Å². The molecule has 12 heteroatoms. The number of aromatic carboxylic acids is 1. The van der Waals surface area contributed by atoms with Crippen molar-refractivity contribution in [1.29, 1.82) is 0 Å². The molecule has 3 fully saturated rings. The highest BCUT2D eigenvalue weighted by molar-refractivity contribution is 6.53. The van der Waals surface area contributed by atoms with Gasteiger partial charge in [-0.05, 0) is 79.7 Å². The lowest BCUT2D eigenvalue weighted by molar-refractivity contribution is -0.0494. The average molecular weight is 640 g/mol. The van der Waals surface area contributed by atoms with Crippen molar-refractivity contribution in [2.45, 2.75) is 55.1 Å². The summed E-state index contributed by atoms with van der Waals surface area (Å²) in [6.45, 7) is 3.23. The number of carbonyl (C=O) groups is 2. The number of nitrogens with two attached hydrogens (primary N) is 1. The second-order valence-electron chi connectivity index (χ2n) is 12.7.